The Kier molecular flexibility index (Phi) is 8.29. The van der Waals surface area contributed by atoms with Gasteiger partial charge in [0.1, 0.15) is 0 Å². The van der Waals surface area contributed by atoms with Crippen LogP contribution in [0.3, 0.4) is 0 Å². The van der Waals surface area contributed by atoms with Gasteiger partial charge in [-0.2, -0.15) is 0 Å². The van der Waals surface area contributed by atoms with Crippen LogP contribution in [-0.2, 0) is 9.59 Å². The first-order valence-corrected chi connectivity index (χ1v) is 18.3. The fourth-order valence-electron chi connectivity index (χ4n) is 5.39. The van der Waals surface area contributed by atoms with Crippen molar-refractivity contribution in [2.45, 2.75) is 21.7 Å². The molecular weight excluding hydrogens is 567 g/mol. The molecule has 5 heteroatoms. The molecular formula is C32H28O4Sn. The third-order valence-electron chi connectivity index (χ3n) is 6.87. The first-order chi connectivity index (χ1) is 17.9. The fourth-order valence-corrected chi connectivity index (χ4v) is 22.3. The average Bonchev–Trinajstić information content (AvgIpc) is 2.94. The number of ketones is 4. The summed E-state index contributed by atoms with van der Waals surface area (Å²) in [6.45, 7) is 2.82. The Morgan fingerprint density at radius 3 is 1.00 bits per heavy atom. The second kappa shape index (κ2) is 11.6. The van der Waals surface area contributed by atoms with Gasteiger partial charge in [-0.25, -0.2) is 0 Å². The molecule has 2 unspecified atom stereocenters. The maximum absolute atomic E-state index is 14.3. The molecule has 0 fully saturated rings. The summed E-state index contributed by atoms with van der Waals surface area (Å²) in [6, 6.07) is 36.0. The standard InChI is InChI=1S/2C10H9O2.2C6H5.Sn/c2*1-8(11)7-10(12)9-5-3-2-4-6-9;2*1-2-4-6-5-3-1;/h2*2-7H,1H3;2*1-5H;. The quantitative estimate of drug-likeness (QED) is 0.148. The normalized spacial score (nSPS) is 12.8. The van der Waals surface area contributed by atoms with Crippen molar-refractivity contribution in [2.24, 2.45) is 0 Å². The van der Waals surface area contributed by atoms with E-state index in [2.05, 4.69) is 0 Å². The van der Waals surface area contributed by atoms with Gasteiger partial charge in [-0.1, -0.05) is 0 Å². The number of carbonyl (C=O) groups is 4. The molecule has 0 N–H and O–H groups in total. The zero-order valence-corrected chi connectivity index (χ0v) is 23.7. The predicted molar refractivity (Wildman–Crippen MR) is 148 cm³/mol. The van der Waals surface area contributed by atoms with Crippen LogP contribution in [0.25, 0.3) is 0 Å². The van der Waals surface area contributed by atoms with E-state index in [1.54, 1.807) is 48.5 Å². The van der Waals surface area contributed by atoms with Crippen molar-refractivity contribution in [3.05, 3.63) is 132 Å². The summed E-state index contributed by atoms with van der Waals surface area (Å²) in [5.74, 6) is -1.35. The maximum atomic E-state index is 14.3. The summed E-state index contributed by atoms with van der Waals surface area (Å²) in [5, 5.41) is 0. The van der Waals surface area contributed by atoms with Crippen molar-refractivity contribution in [1.29, 1.82) is 0 Å². The van der Waals surface area contributed by atoms with E-state index in [9.17, 15) is 19.2 Å². The minimum atomic E-state index is -4.97. The predicted octanol–water partition coefficient (Wildman–Crippen LogP) is 4.93. The molecule has 0 aliphatic heterocycles. The molecule has 0 spiro atoms. The monoisotopic (exact) mass is 596 g/mol. The Hall–Kier alpha value is -3.64. The summed E-state index contributed by atoms with van der Waals surface area (Å²) in [5.41, 5.74) is 0.787. The molecule has 0 saturated heterocycles. The molecule has 0 amide bonds. The topological polar surface area (TPSA) is 68.3 Å². The van der Waals surface area contributed by atoms with E-state index in [0.717, 1.165) is 7.16 Å². The molecule has 0 bridgehead atoms. The van der Waals surface area contributed by atoms with Crippen molar-refractivity contribution < 1.29 is 19.2 Å². The second-order valence-electron chi connectivity index (χ2n) is 9.15. The minimum absolute atomic E-state index is 0.329. The number of benzene rings is 4. The summed E-state index contributed by atoms with van der Waals surface area (Å²) in [4.78, 5) is 55.8. The molecule has 0 aliphatic rings. The molecule has 0 saturated carbocycles. The third-order valence-corrected chi connectivity index (χ3v) is 23.2. The molecule has 0 heterocycles. The Balaban J connectivity index is 2.14. The molecule has 4 aromatic rings. The van der Waals surface area contributed by atoms with Gasteiger partial charge in [0.05, 0.1) is 0 Å². The van der Waals surface area contributed by atoms with E-state index in [1.807, 2.05) is 72.8 Å². The van der Waals surface area contributed by atoms with Gasteiger partial charge < -0.3 is 0 Å². The Labute approximate surface area is 221 Å². The van der Waals surface area contributed by atoms with E-state index in [0.29, 0.717) is 11.1 Å². The van der Waals surface area contributed by atoms with Gasteiger partial charge in [-0.3, -0.25) is 0 Å². The molecule has 0 radical (unpaired) electrons. The molecule has 4 nitrogen and oxygen atoms in total. The third kappa shape index (κ3) is 5.11. The van der Waals surface area contributed by atoms with Crippen molar-refractivity contribution in [1.82, 2.24) is 0 Å². The molecule has 37 heavy (non-hydrogen) atoms. The fraction of sp³-hybridized carbons (Fsp3) is 0.125. The van der Waals surface area contributed by atoms with Gasteiger partial charge in [0.15, 0.2) is 0 Å². The number of rotatable bonds is 10. The van der Waals surface area contributed by atoms with Crippen molar-refractivity contribution in [2.75, 3.05) is 0 Å². The number of hydrogen-bond acceptors (Lipinski definition) is 4. The van der Waals surface area contributed by atoms with Crippen LogP contribution in [-0.4, -0.2) is 41.5 Å². The van der Waals surface area contributed by atoms with Crippen molar-refractivity contribution in [3.8, 4) is 0 Å². The van der Waals surface area contributed by atoms with Gasteiger partial charge in [-0.15, -0.1) is 0 Å². The van der Waals surface area contributed by atoms with Crippen LogP contribution in [0.2, 0.25) is 7.87 Å². The van der Waals surface area contributed by atoms with Gasteiger partial charge in [0.2, 0.25) is 0 Å². The summed E-state index contributed by atoms with van der Waals surface area (Å²) in [6.07, 6.45) is 0. The van der Waals surface area contributed by atoms with E-state index in [4.69, 9.17) is 0 Å². The average molecular weight is 595 g/mol. The first-order valence-electron chi connectivity index (χ1n) is 12.2. The van der Waals surface area contributed by atoms with E-state index in [1.165, 1.54) is 13.8 Å². The van der Waals surface area contributed by atoms with E-state index < -0.39 is 26.2 Å². The van der Waals surface area contributed by atoms with Crippen LogP contribution >= 0.6 is 0 Å². The van der Waals surface area contributed by atoms with Gasteiger partial charge in [0.25, 0.3) is 0 Å². The van der Waals surface area contributed by atoms with E-state index in [-0.39, 0.29) is 23.1 Å². The van der Waals surface area contributed by atoms with Crippen LogP contribution in [0.15, 0.2) is 121 Å². The zero-order valence-electron chi connectivity index (χ0n) is 20.8. The summed E-state index contributed by atoms with van der Waals surface area (Å²) in [7, 11) is 0. The molecule has 0 aromatic heterocycles. The molecule has 0 aliphatic carbocycles. The Bertz CT molecular complexity index is 1290. The van der Waals surface area contributed by atoms with Crippen molar-refractivity contribution in [3.63, 3.8) is 0 Å². The molecule has 4 aromatic carbocycles. The second-order valence-corrected chi connectivity index (χ2v) is 20.7. The summed E-state index contributed by atoms with van der Waals surface area (Å²) >= 11 is -4.97. The number of hydrogen-bond donors (Lipinski definition) is 0. The zero-order chi connectivity index (χ0) is 26.4. The van der Waals surface area contributed by atoms with Crippen LogP contribution in [0.5, 0.6) is 0 Å². The van der Waals surface area contributed by atoms with Gasteiger partial charge >= 0.3 is 222 Å². The van der Waals surface area contributed by atoms with Gasteiger partial charge in [-0.05, 0) is 0 Å². The van der Waals surface area contributed by atoms with Crippen molar-refractivity contribution >= 4 is 48.7 Å². The molecule has 4 rings (SSSR count). The SMILES string of the molecule is CC(=O)[CH](C(=O)c1ccccc1)[Sn]([c]1ccccc1)([c]1ccccc1)[CH](C(C)=O)C(=O)c1ccccc1. The van der Waals surface area contributed by atoms with Gasteiger partial charge in [0, 0.05) is 0 Å². The van der Waals surface area contributed by atoms with Crippen LogP contribution < -0.4 is 7.16 Å². The molecule has 2 atom stereocenters. The Morgan fingerprint density at radius 1 is 0.459 bits per heavy atom. The van der Waals surface area contributed by atoms with E-state index >= 15 is 0 Å². The number of Topliss-reactive ketones (excluding diaryl/α,β-unsaturated/α-hetero) is 4. The summed E-state index contributed by atoms with van der Waals surface area (Å²) < 4.78 is -0.722. The molecule has 184 valence electrons. The Morgan fingerprint density at radius 2 is 0.730 bits per heavy atom. The first kappa shape index (κ1) is 26.4. The van der Waals surface area contributed by atoms with Crippen LogP contribution in [0, 0.1) is 0 Å². The number of carbonyl (C=O) groups excluding carboxylic acids is 4. The van der Waals surface area contributed by atoms with Crippen LogP contribution in [0.4, 0.5) is 0 Å². The van der Waals surface area contributed by atoms with Crippen LogP contribution in [0.1, 0.15) is 34.6 Å².